The van der Waals surface area contributed by atoms with Crippen molar-refractivity contribution in [2.75, 3.05) is 6.61 Å². The number of benzene rings is 2. The molecule has 0 atom stereocenters. The molecule has 0 bridgehead atoms. The highest BCUT2D eigenvalue weighted by Gasteiger charge is 2.11. The standard InChI is InChI=1S/C21H22N4O3/c1-3-11-28-18-9-7-15(8-10-18)19-13-20(24-23-19)21(27)25-22-14(2)16-5-4-6-17(26)12-16/h4-10,12-13,26H,3,11H2,1-2H3,(H,23,24)(H,25,27)/b22-14+. The van der Waals surface area contributed by atoms with E-state index in [0.717, 1.165) is 23.3 Å². The van der Waals surface area contributed by atoms with Crippen LogP contribution in [0.5, 0.6) is 11.5 Å². The molecule has 0 aliphatic rings. The second-order valence-corrected chi connectivity index (χ2v) is 6.23. The molecule has 1 aromatic heterocycles. The van der Waals surface area contributed by atoms with Gasteiger partial charge in [0.1, 0.15) is 17.2 Å². The van der Waals surface area contributed by atoms with E-state index in [4.69, 9.17) is 4.74 Å². The van der Waals surface area contributed by atoms with Gasteiger partial charge >= 0.3 is 0 Å². The summed E-state index contributed by atoms with van der Waals surface area (Å²) in [6, 6.07) is 15.9. The van der Waals surface area contributed by atoms with Gasteiger partial charge in [-0.1, -0.05) is 19.1 Å². The van der Waals surface area contributed by atoms with Gasteiger partial charge in [0.25, 0.3) is 5.91 Å². The molecule has 1 amide bonds. The van der Waals surface area contributed by atoms with Crippen LogP contribution in [0.2, 0.25) is 0 Å². The molecule has 2 aromatic carbocycles. The number of hydrogen-bond donors (Lipinski definition) is 3. The molecule has 3 N–H and O–H groups in total. The number of rotatable bonds is 7. The van der Waals surface area contributed by atoms with E-state index in [2.05, 4.69) is 27.6 Å². The Morgan fingerprint density at radius 2 is 2.00 bits per heavy atom. The molecule has 1 heterocycles. The van der Waals surface area contributed by atoms with E-state index in [9.17, 15) is 9.90 Å². The molecule has 3 rings (SSSR count). The molecule has 28 heavy (non-hydrogen) atoms. The summed E-state index contributed by atoms with van der Waals surface area (Å²) in [5, 5.41) is 20.5. The molecule has 144 valence electrons. The highest BCUT2D eigenvalue weighted by atomic mass is 16.5. The van der Waals surface area contributed by atoms with Gasteiger partial charge in [0.2, 0.25) is 0 Å². The topological polar surface area (TPSA) is 99.6 Å². The first-order chi connectivity index (χ1) is 13.6. The highest BCUT2D eigenvalue weighted by molar-refractivity contribution is 6.00. The van der Waals surface area contributed by atoms with Gasteiger partial charge in [-0.05, 0) is 55.8 Å². The molecule has 0 unspecified atom stereocenters. The minimum absolute atomic E-state index is 0.141. The number of nitrogens with one attached hydrogen (secondary N) is 2. The molecule has 0 aliphatic heterocycles. The van der Waals surface area contributed by atoms with Crippen molar-refractivity contribution >= 4 is 11.6 Å². The van der Waals surface area contributed by atoms with Crippen molar-refractivity contribution in [2.45, 2.75) is 20.3 Å². The zero-order valence-electron chi connectivity index (χ0n) is 15.8. The lowest BCUT2D eigenvalue weighted by Crippen LogP contribution is -2.19. The van der Waals surface area contributed by atoms with Crippen molar-refractivity contribution in [3.05, 3.63) is 65.9 Å². The van der Waals surface area contributed by atoms with Crippen molar-refractivity contribution in [1.82, 2.24) is 15.6 Å². The largest absolute Gasteiger partial charge is 0.508 e. The van der Waals surface area contributed by atoms with Crippen molar-refractivity contribution in [3.63, 3.8) is 0 Å². The van der Waals surface area contributed by atoms with E-state index >= 15 is 0 Å². The van der Waals surface area contributed by atoms with Crippen LogP contribution in [-0.2, 0) is 0 Å². The van der Waals surface area contributed by atoms with Gasteiger partial charge in [0.15, 0.2) is 0 Å². The molecule has 0 radical (unpaired) electrons. The first-order valence-electron chi connectivity index (χ1n) is 8.99. The van der Waals surface area contributed by atoms with Crippen molar-refractivity contribution in [3.8, 4) is 22.8 Å². The van der Waals surface area contributed by atoms with Gasteiger partial charge in [-0.15, -0.1) is 0 Å². The van der Waals surface area contributed by atoms with Crippen LogP contribution < -0.4 is 10.2 Å². The van der Waals surface area contributed by atoms with E-state index in [-0.39, 0.29) is 5.75 Å². The molecular formula is C21H22N4O3. The lowest BCUT2D eigenvalue weighted by atomic mass is 10.1. The summed E-state index contributed by atoms with van der Waals surface area (Å²) >= 11 is 0. The molecule has 0 saturated heterocycles. The van der Waals surface area contributed by atoms with Gasteiger partial charge in [-0.2, -0.15) is 10.2 Å². The van der Waals surface area contributed by atoms with E-state index in [1.54, 1.807) is 37.3 Å². The Labute approximate surface area is 163 Å². The van der Waals surface area contributed by atoms with Crippen molar-refractivity contribution < 1.29 is 14.6 Å². The average molecular weight is 378 g/mol. The zero-order chi connectivity index (χ0) is 19.9. The number of carbonyl (C=O) groups is 1. The fourth-order valence-corrected chi connectivity index (χ4v) is 2.52. The molecule has 0 aliphatic carbocycles. The summed E-state index contributed by atoms with van der Waals surface area (Å²) in [4.78, 5) is 12.3. The quantitative estimate of drug-likeness (QED) is 0.431. The maximum atomic E-state index is 12.3. The molecular weight excluding hydrogens is 356 g/mol. The zero-order valence-corrected chi connectivity index (χ0v) is 15.8. The summed E-state index contributed by atoms with van der Waals surface area (Å²) in [5.41, 5.74) is 5.61. The number of hydrazone groups is 1. The number of phenolic OH excluding ortho intramolecular Hbond substituents is 1. The Balaban J connectivity index is 1.66. The smallest absolute Gasteiger partial charge is 0.289 e. The number of aromatic nitrogens is 2. The Bertz CT molecular complexity index is 977. The molecule has 0 fully saturated rings. The Kier molecular flexibility index (Phi) is 6.06. The molecule has 3 aromatic rings. The fraction of sp³-hybridized carbons (Fsp3) is 0.190. The fourth-order valence-electron chi connectivity index (χ4n) is 2.52. The third-order valence-electron chi connectivity index (χ3n) is 4.03. The maximum absolute atomic E-state index is 12.3. The van der Waals surface area contributed by atoms with Crippen molar-refractivity contribution in [2.24, 2.45) is 5.10 Å². The summed E-state index contributed by atoms with van der Waals surface area (Å²) in [5.74, 6) is 0.541. The summed E-state index contributed by atoms with van der Waals surface area (Å²) in [6.07, 6.45) is 0.951. The minimum Gasteiger partial charge on any atom is -0.508 e. The number of aromatic amines is 1. The molecule has 0 saturated carbocycles. The number of H-pyrrole nitrogens is 1. The average Bonchev–Trinajstić information content (AvgIpc) is 3.21. The number of nitrogens with zero attached hydrogens (tertiary/aromatic N) is 2. The number of carbonyl (C=O) groups excluding carboxylic acids is 1. The van der Waals surface area contributed by atoms with Crippen LogP contribution >= 0.6 is 0 Å². The third kappa shape index (κ3) is 4.76. The normalized spacial score (nSPS) is 11.3. The van der Waals surface area contributed by atoms with Crippen LogP contribution in [0.15, 0.2) is 59.7 Å². The second kappa shape index (κ2) is 8.85. The molecule has 7 nitrogen and oxygen atoms in total. The summed E-state index contributed by atoms with van der Waals surface area (Å²) in [6.45, 7) is 4.48. The highest BCUT2D eigenvalue weighted by Crippen LogP contribution is 2.21. The number of aromatic hydroxyl groups is 1. The van der Waals surface area contributed by atoms with E-state index in [1.165, 1.54) is 0 Å². The number of hydrogen-bond acceptors (Lipinski definition) is 5. The SMILES string of the molecule is CCCOc1ccc(-c2cc(C(=O)N/N=C(\C)c3cccc(O)c3)[nH]n2)cc1. The first-order valence-corrected chi connectivity index (χ1v) is 8.99. The van der Waals surface area contributed by atoms with Gasteiger partial charge in [-0.25, -0.2) is 5.43 Å². The number of ether oxygens (including phenoxy) is 1. The predicted octanol–water partition coefficient (Wildman–Crippen LogP) is 3.73. The Hall–Kier alpha value is -3.61. The Morgan fingerprint density at radius 3 is 2.71 bits per heavy atom. The van der Waals surface area contributed by atoms with Crippen LogP contribution in [0, 0.1) is 0 Å². The second-order valence-electron chi connectivity index (χ2n) is 6.23. The molecule has 0 spiro atoms. The predicted molar refractivity (Wildman–Crippen MR) is 108 cm³/mol. The van der Waals surface area contributed by atoms with E-state index in [1.807, 2.05) is 24.3 Å². The van der Waals surface area contributed by atoms with Crippen LogP contribution in [0.4, 0.5) is 0 Å². The van der Waals surface area contributed by atoms with Crippen molar-refractivity contribution in [1.29, 1.82) is 0 Å². The number of amides is 1. The van der Waals surface area contributed by atoms with E-state index in [0.29, 0.717) is 23.7 Å². The van der Waals surface area contributed by atoms with Gasteiger partial charge in [0, 0.05) is 11.1 Å². The Morgan fingerprint density at radius 1 is 1.21 bits per heavy atom. The number of phenols is 1. The minimum atomic E-state index is -0.402. The first kappa shape index (κ1) is 19.2. The van der Waals surface area contributed by atoms with Gasteiger partial charge in [0.05, 0.1) is 18.0 Å². The monoisotopic (exact) mass is 378 g/mol. The van der Waals surface area contributed by atoms with Crippen LogP contribution in [0.1, 0.15) is 36.3 Å². The van der Waals surface area contributed by atoms with Crippen LogP contribution in [-0.4, -0.2) is 33.5 Å². The third-order valence-corrected chi connectivity index (χ3v) is 4.03. The van der Waals surface area contributed by atoms with Crippen LogP contribution in [0.3, 0.4) is 0 Å². The van der Waals surface area contributed by atoms with Gasteiger partial charge < -0.3 is 9.84 Å². The summed E-state index contributed by atoms with van der Waals surface area (Å²) in [7, 11) is 0. The van der Waals surface area contributed by atoms with E-state index < -0.39 is 5.91 Å². The lowest BCUT2D eigenvalue weighted by molar-refractivity contribution is 0.0950. The van der Waals surface area contributed by atoms with Gasteiger partial charge in [-0.3, -0.25) is 9.89 Å². The maximum Gasteiger partial charge on any atom is 0.289 e. The van der Waals surface area contributed by atoms with Crippen LogP contribution in [0.25, 0.3) is 11.3 Å². The molecule has 7 heteroatoms. The lowest BCUT2D eigenvalue weighted by Gasteiger charge is -2.04. The summed E-state index contributed by atoms with van der Waals surface area (Å²) < 4.78 is 5.56.